The van der Waals surface area contributed by atoms with Crippen LogP contribution in [0.5, 0.6) is 5.88 Å². The fraction of sp³-hybridized carbons (Fsp3) is 0.389. The van der Waals surface area contributed by atoms with Gasteiger partial charge < -0.3 is 10.1 Å². The van der Waals surface area contributed by atoms with E-state index in [1.807, 2.05) is 0 Å². The normalized spacial score (nSPS) is 19.8. The molecular formula is C18H16ClF4N3O2. The van der Waals surface area contributed by atoms with E-state index in [0.29, 0.717) is 12.1 Å². The molecule has 1 aliphatic carbocycles. The van der Waals surface area contributed by atoms with E-state index in [-0.39, 0.29) is 28.6 Å². The van der Waals surface area contributed by atoms with Gasteiger partial charge in [-0.25, -0.2) is 9.37 Å². The van der Waals surface area contributed by atoms with Gasteiger partial charge in [0.2, 0.25) is 11.8 Å². The Morgan fingerprint density at radius 1 is 1.36 bits per heavy atom. The smallest absolute Gasteiger partial charge is 0.422 e. The summed E-state index contributed by atoms with van der Waals surface area (Å²) in [6, 6.07) is 3.59. The van der Waals surface area contributed by atoms with Gasteiger partial charge in [0.25, 0.3) is 0 Å². The molecule has 1 heterocycles. The van der Waals surface area contributed by atoms with Crippen LogP contribution in [0.4, 0.5) is 17.6 Å². The number of hydrogen-bond acceptors (Lipinski definition) is 4. The molecule has 1 aromatic carbocycles. The van der Waals surface area contributed by atoms with E-state index in [1.165, 1.54) is 18.3 Å². The molecule has 1 aliphatic rings. The fourth-order valence-corrected chi connectivity index (χ4v) is 3.11. The highest BCUT2D eigenvalue weighted by Crippen LogP contribution is 2.49. The van der Waals surface area contributed by atoms with Gasteiger partial charge in [-0.2, -0.15) is 13.2 Å². The van der Waals surface area contributed by atoms with Crippen molar-refractivity contribution in [2.75, 3.05) is 6.61 Å². The van der Waals surface area contributed by atoms with Crippen molar-refractivity contribution in [2.24, 2.45) is 5.92 Å². The Labute approximate surface area is 163 Å². The second-order valence-electron chi connectivity index (χ2n) is 6.53. The number of carbonyl (C=O) groups is 1. The van der Waals surface area contributed by atoms with Gasteiger partial charge in [0, 0.05) is 10.9 Å². The van der Waals surface area contributed by atoms with Gasteiger partial charge in [0.05, 0.1) is 24.1 Å². The van der Waals surface area contributed by atoms with Crippen molar-refractivity contribution in [3.63, 3.8) is 0 Å². The quantitative estimate of drug-likeness (QED) is 0.716. The lowest BCUT2D eigenvalue weighted by Crippen LogP contribution is -2.29. The summed E-state index contributed by atoms with van der Waals surface area (Å²) in [4.78, 5) is 20.1. The average Bonchev–Trinajstić information content (AvgIpc) is 3.40. The zero-order valence-corrected chi connectivity index (χ0v) is 15.4. The van der Waals surface area contributed by atoms with E-state index in [9.17, 15) is 22.4 Å². The zero-order chi connectivity index (χ0) is 20.5. The van der Waals surface area contributed by atoms with Gasteiger partial charge >= 0.3 is 6.18 Å². The summed E-state index contributed by atoms with van der Waals surface area (Å²) in [5.41, 5.74) is 1.10. The summed E-state index contributed by atoms with van der Waals surface area (Å²) in [5, 5.41) is 3.07. The molecule has 10 heteroatoms. The molecule has 28 heavy (non-hydrogen) atoms. The van der Waals surface area contributed by atoms with Crippen LogP contribution in [0.2, 0.25) is 5.02 Å². The van der Waals surface area contributed by atoms with Crippen molar-refractivity contribution < 1.29 is 27.1 Å². The summed E-state index contributed by atoms with van der Waals surface area (Å²) < 4.78 is 54.0. The standard InChI is InChI=1S/C18H16ClF4N3O2/c1-9(15-6-25-16(7-24-15)28-8-18(21,22)23)26-17(27)13-5-12(13)11-3-2-10(20)4-14(11)19/h2-4,6-7,9,12-13H,5,8H2,1H3,(H,26,27)/t9?,12-,13+/m0/s1. The Kier molecular flexibility index (Phi) is 5.74. The van der Waals surface area contributed by atoms with E-state index in [4.69, 9.17) is 11.6 Å². The molecule has 2 aromatic rings. The predicted molar refractivity (Wildman–Crippen MR) is 92.4 cm³/mol. The third kappa shape index (κ3) is 5.09. The van der Waals surface area contributed by atoms with Crippen LogP contribution in [0.3, 0.4) is 0 Å². The number of amides is 1. The molecule has 1 amide bonds. The number of benzene rings is 1. The van der Waals surface area contributed by atoms with Crippen LogP contribution in [-0.4, -0.2) is 28.7 Å². The number of nitrogens with zero attached hydrogens (tertiary/aromatic N) is 2. The lowest BCUT2D eigenvalue weighted by atomic mass is 10.1. The number of aromatic nitrogens is 2. The van der Waals surface area contributed by atoms with E-state index in [1.54, 1.807) is 13.0 Å². The lowest BCUT2D eigenvalue weighted by molar-refractivity contribution is -0.154. The predicted octanol–water partition coefficient (Wildman–Crippen LogP) is 4.19. The molecule has 3 rings (SSSR count). The van der Waals surface area contributed by atoms with Crippen molar-refractivity contribution in [3.8, 4) is 5.88 Å². The molecule has 5 nitrogen and oxygen atoms in total. The summed E-state index contributed by atoms with van der Waals surface area (Å²) in [6.45, 7) is 0.225. The second-order valence-corrected chi connectivity index (χ2v) is 6.94. The van der Waals surface area contributed by atoms with Crippen LogP contribution in [0.1, 0.15) is 36.6 Å². The van der Waals surface area contributed by atoms with Crippen LogP contribution < -0.4 is 10.1 Å². The molecule has 1 aromatic heterocycles. The number of nitrogens with one attached hydrogen (secondary N) is 1. The Bertz CT molecular complexity index is 861. The Balaban J connectivity index is 1.55. The minimum Gasteiger partial charge on any atom is -0.467 e. The van der Waals surface area contributed by atoms with Gasteiger partial charge in [-0.3, -0.25) is 9.78 Å². The Morgan fingerprint density at radius 2 is 2.11 bits per heavy atom. The first kappa shape index (κ1) is 20.3. The highest BCUT2D eigenvalue weighted by atomic mass is 35.5. The SMILES string of the molecule is CC(NC(=O)[C@@H]1C[C@H]1c1ccc(F)cc1Cl)c1cnc(OCC(F)(F)F)cn1. The summed E-state index contributed by atoms with van der Waals surface area (Å²) in [7, 11) is 0. The maximum atomic E-state index is 13.1. The third-order valence-electron chi connectivity index (χ3n) is 4.32. The van der Waals surface area contributed by atoms with Crippen LogP contribution >= 0.6 is 11.6 Å². The number of rotatable bonds is 6. The summed E-state index contributed by atoms with van der Waals surface area (Å²) >= 11 is 6.03. The van der Waals surface area contributed by atoms with E-state index in [0.717, 1.165) is 11.8 Å². The Hall–Kier alpha value is -2.42. The molecule has 150 valence electrons. The molecular weight excluding hydrogens is 402 g/mol. The maximum Gasteiger partial charge on any atom is 0.422 e. The van der Waals surface area contributed by atoms with E-state index < -0.39 is 24.6 Å². The van der Waals surface area contributed by atoms with Crippen molar-refractivity contribution >= 4 is 17.5 Å². The van der Waals surface area contributed by atoms with Crippen molar-refractivity contribution in [1.82, 2.24) is 15.3 Å². The molecule has 1 unspecified atom stereocenters. The van der Waals surface area contributed by atoms with Crippen molar-refractivity contribution in [3.05, 3.63) is 52.7 Å². The summed E-state index contributed by atoms with van der Waals surface area (Å²) in [5.74, 6) is -1.27. The van der Waals surface area contributed by atoms with Gasteiger partial charge in [-0.15, -0.1) is 0 Å². The first-order valence-corrected chi connectivity index (χ1v) is 8.78. The molecule has 0 aliphatic heterocycles. The number of carbonyl (C=O) groups excluding carboxylic acids is 1. The van der Waals surface area contributed by atoms with Crippen LogP contribution in [-0.2, 0) is 4.79 Å². The zero-order valence-electron chi connectivity index (χ0n) is 14.6. The van der Waals surface area contributed by atoms with Gasteiger partial charge in [0.15, 0.2) is 6.61 Å². The number of halogens is 5. The third-order valence-corrected chi connectivity index (χ3v) is 4.65. The number of hydrogen-bond donors (Lipinski definition) is 1. The molecule has 0 spiro atoms. The molecule has 0 radical (unpaired) electrons. The van der Waals surface area contributed by atoms with Crippen LogP contribution in [0.25, 0.3) is 0 Å². The molecule has 0 saturated heterocycles. The van der Waals surface area contributed by atoms with Gasteiger partial charge in [-0.05, 0) is 37.0 Å². The first-order valence-electron chi connectivity index (χ1n) is 8.41. The minimum atomic E-state index is -4.46. The highest BCUT2D eigenvalue weighted by molar-refractivity contribution is 6.31. The molecule has 1 fully saturated rings. The summed E-state index contributed by atoms with van der Waals surface area (Å²) in [6.07, 6.45) is -1.55. The van der Waals surface area contributed by atoms with Gasteiger partial charge in [-0.1, -0.05) is 17.7 Å². The van der Waals surface area contributed by atoms with Gasteiger partial charge in [0.1, 0.15) is 5.82 Å². The fourth-order valence-electron chi connectivity index (χ4n) is 2.81. The van der Waals surface area contributed by atoms with E-state index in [2.05, 4.69) is 20.0 Å². The Morgan fingerprint density at radius 3 is 2.71 bits per heavy atom. The molecule has 1 N–H and O–H groups in total. The average molecular weight is 418 g/mol. The largest absolute Gasteiger partial charge is 0.467 e. The number of ether oxygens (including phenoxy) is 1. The molecule has 3 atom stereocenters. The minimum absolute atomic E-state index is 0.0791. The van der Waals surface area contributed by atoms with Crippen molar-refractivity contribution in [1.29, 1.82) is 0 Å². The second kappa shape index (κ2) is 7.90. The monoisotopic (exact) mass is 417 g/mol. The maximum absolute atomic E-state index is 13.1. The first-order chi connectivity index (χ1) is 13.1. The topological polar surface area (TPSA) is 64.1 Å². The molecule has 0 bridgehead atoms. The number of alkyl halides is 3. The highest BCUT2D eigenvalue weighted by Gasteiger charge is 2.45. The van der Waals surface area contributed by atoms with Crippen LogP contribution in [0.15, 0.2) is 30.6 Å². The van der Waals surface area contributed by atoms with Crippen LogP contribution in [0, 0.1) is 11.7 Å². The van der Waals surface area contributed by atoms with E-state index >= 15 is 0 Å². The van der Waals surface area contributed by atoms with Crippen molar-refractivity contribution in [2.45, 2.75) is 31.5 Å². The molecule has 1 saturated carbocycles. The lowest BCUT2D eigenvalue weighted by Gasteiger charge is -2.14.